The first-order valence-electron chi connectivity index (χ1n) is 5.44. The van der Waals surface area contributed by atoms with Crippen LogP contribution in [-0.2, 0) is 6.54 Å². The Morgan fingerprint density at radius 3 is 2.94 bits per heavy atom. The van der Waals surface area contributed by atoms with Gasteiger partial charge in [0.15, 0.2) is 0 Å². The molecule has 0 spiro atoms. The number of benzene rings is 1. The molecule has 0 amide bonds. The van der Waals surface area contributed by atoms with Gasteiger partial charge >= 0.3 is 6.01 Å². The van der Waals surface area contributed by atoms with Crippen molar-refractivity contribution in [3.63, 3.8) is 0 Å². The minimum Gasteiger partial charge on any atom is -0.406 e. The van der Waals surface area contributed by atoms with Gasteiger partial charge in [-0.1, -0.05) is 23.6 Å². The molecular formula is C11H12ClFN4O. The number of nitrogens with zero attached hydrogens (tertiary/aromatic N) is 2. The van der Waals surface area contributed by atoms with E-state index in [2.05, 4.69) is 20.8 Å². The van der Waals surface area contributed by atoms with Crippen molar-refractivity contribution in [3.8, 4) is 0 Å². The quantitative estimate of drug-likeness (QED) is 0.875. The van der Waals surface area contributed by atoms with Crippen molar-refractivity contribution in [1.29, 1.82) is 0 Å². The fraction of sp³-hybridized carbons (Fsp3) is 0.273. The Kier molecular flexibility index (Phi) is 4.11. The third-order valence-electron chi connectivity index (χ3n) is 2.16. The number of hydrogen-bond acceptors (Lipinski definition) is 5. The Morgan fingerprint density at radius 2 is 2.22 bits per heavy atom. The Morgan fingerprint density at radius 1 is 1.39 bits per heavy atom. The summed E-state index contributed by atoms with van der Waals surface area (Å²) < 4.78 is 18.5. The maximum absolute atomic E-state index is 13.2. The Bertz CT molecular complexity index is 532. The Hall–Kier alpha value is -1.66. The summed E-state index contributed by atoms with van der Waals surface area (Å²) in [5, 5.41) is 13.5. The number of rotatable bonds is 5. The van der Waals surface area contributed by atoms with Crippen molar-refractivity contribution in [2.24, 2.45) is 0 Å². The van der Waals surface area contributed by atoms with Crippen molar-refractivity contribution in [2.45, 2.75) is 13.5 Å². The number of aromatic nitrogens is 2. The molecule has 0 aliphatic carbocycles. The van der Waals surface area contributed by atoms with Crippen molar-refractivity contribution < 1.29 is 8.81 Å². The third-order valence-corrected chi connectivity index (χ3v) is 2.47. The number of hydrogen-bond donors (Lipinski definition) is 2. The molecule has 18 heavy (non-hydrogen) atoms. The molecule has 0 atom stereocenters. The normalized spacial score (nSPS) is 10.6. The highest BCUT2D eigenvalue weighted by atomic mass is 35.5. The summed E-state index contributed by atoms with van der Waals surface area (Å²) in [5.74, 6) is -0.0390. The zero-order chi connectivity index (χ0) is 13.0. The minimum atomic E-state index is -0.506. The summed E-state index contributed by atoms with van der Waals surface area (Å²) in [6.07, 6.45) is 0. The first kappa shape index (κ1) is 12.8. The molecule has 2 rings (SSSR count). The zero-order valence-electron chi connectivity index (χ0n) is 9.70. The Balaban J connectivity index is 2.04. The van der Waals surface area contributed by atoms with Crippen LogP contribution < -0.4 is 10.6 Å². The summed E-state index contributed by atoms with van der Waals surface area (Å²) in [7, 11) is 0. The topological polar surface area (TPSA) is 63.0 Å². The second-order valence-corrected chi connectivity index (χ2v) is 3.94. The van der Waals surface area contributed by atoms with E-state index in [1.54, 1.807) is 6.07 Å². The Labute approximate surface area is 108 Å². The van der Waals surface area contributed by atoms with Crippen molar-refractivity contribution in [2.75, 3.05) is 11.9 Å². The van der Waals surface area contributed by atoms with Gasteiger partial charge in [0.25, 0.3) is 0 Å². The molecule has 1 heterocycles. The van der Waals surface area contributed by atoms with Crippen molar-refractivity contribution >= 4 is 23.3 Å². The third kappa shape index (κ3) is 3.18. The van der Waals surface area contributed by atoms with Gasteiger partial charge in [0.2, 0.25) is 5.89 Å². The molecule has 0 saturated carbocycles. The number of halogens is 2. The maximum atomic E-state index is 13.2. The largest absolute Gasteiger partial charge is 0.406 e. The van der Waals surface area contributed by atoms with Crippen molar-refractivity contribution in [1.82, 2.24) is 15.5 Å². The molecular weight excluding hydrogens is 259 g/mol. The fourth-order valence-corrected chi connectivity index (χ4v) is 1.42. The van der Waals surface area contributed by atoms with Crippen LogP contribution in [0.25, 0.3) is 0 Å². The van der Waals surface area contributed by atoms with Crippen LogP contribution in [0.4, 0.5) is 16.1 Å². The van der Waals surface area contributed by atoms with E-state index in [0.717, 1.165) is 6.54 Å². The average Bonchev–Trinajstić information content (AvgIpc) is 2.79. The molecule has 1 aromatic carbocycles. The lowest BCUT2D eigenvalue weighted by Gasteiger charge is -2.01. The molecule has 5 nitrogen and oxygen atoms in total. The molecule has 7 heteroatoms. The monoisotopic (exact) mass is 270 g/mol. The highest BCUT2D eigenvalue weighted by Gasteiger charge is 2.07. The SMILES string of the molecule is CCNCc1nnc(Nc2ccc(Cl)c(F)c2)o1. The minimum absolute atomic E-state index is 0.0684. The van der Waals surface area contributed by atoms with Crippen LogP contribution in [-0.4, -0.2) is 16.7 Å². The lowest BCUT2D eigenvalue weighted by molar-refractivity contribution is 0.484. The highest BCUT2D eigenvalue weighted by molar-refractivity contribution is 6.30. The summed E-state index contributed by atoms with van der Waals surface area (Å²) in [6, 6.07) is 4.55. The van der Waals surface area contributed by atoms with E-state index in [1.807, 2.05) is 6.92 Å². The molecule has 2 aromatic rings. The summed E-state index contributed by atoms with van der Waals surface area (Å²) in [5.41, 5.74) is 0.496. The molecule has 0 radical (unpaired) electrons. The van der Waals surface area contributed by atoms with Crippen LogP contribution >= 0.6 is 11.6 Å². The number of nitrogens with one attached hydrogen (secondary N) is 2. The summed E-state index contributed by atoms with van der Waals surface area (Å²) >= 11 is 5.58. The summed E-state index contributed by atoms with van der Waals surface area (Å²) in [4.78, 5) is 0. The number of anilines is 2. The van der Waals surface area contributed by atoms with Gasteiger partial charge in [0.05, 0.1) is 11.6 Å². The van der Waals surface area contributed by atoms with E-state index in [1.165, 1.54) is 12.1 Å². The van der Waals surface area contributed by atoms with Crippen molar-refractivity contribution in [3.05, 3.63) is 34.9 Å². The standard InChI is InChI=1S/C11H12ClFN4O/c1-2-14-6-10-16-17-11(18-10)15-7-3-4-8(12)9(13)5-7/h3-5,14H,2,6H2,1H3,(H,15,17). The van der Waals surface area contributed by atoms with Gasteiger partial charge in [-0.2, -0.15) is 0 Å². The lowest BCUT2D eigenvalue weighted by Crippen LogP contribution is -2.11. The van der Waals surface area contributed by atoms with Crippen LogP contribution in [0.1, 0.15) is 12.8 Å². The van der Waals surface area contributed by atoms with Gasteiger partial charge in [-0.15, -0.1) is 5.10 Å². The molecule has 0 unspecified atom stereocenters. The summed E-state index contributed by atoms with van der Waals surface area (Å²) in [6.45, 7) is 3.29. The zero-order valence-corrected chi connectivity index (χ0v) is 10.5. The van der Waals surface area contributed by atoms with Crippen LogP contribution in [0.15, 0.2) is 22.6 Å². The fourth-order valence-electron chi connectivity index (χ4n) is 1.30. The molecule has 0 aliphatic rings. The lowest BCUT2D eigenvalue weighted by atomic mass is 10.3. The van der Waals surface area contributed by atoms with E-state index in [9.17, 15) is 4.39 Å². The molecule has 0 saturated heterocycles. The van der Waals surface area contributed by atoms with E-state index >= 15 is 0 Å². The van der Waals surface area contributed by atoms with Crippen LogP contribution in [0.3, 0.4) is 0 Å². The molecule has 0 fully saturated rings. The molecule has 96 valence electrons. The second-order valence-electron chi connectivity index (χ2n) is 3.54. The molecule has 0 aliphatic heterocycles. The average molecular weight is 271 g/mol. The smallest absolute Gasteiger partial charge is 0.320 e. The van der Waals surface area contributed by atoms with Gasteiger partial charge in [0, 0.05) is 5.69 Å². The van der Waals surface area contributed by atoms with Crippen LogP contribution in [0.2, 0.25) is 5.02 Å². The van der Waals surface area contributed by atoms with E-state index < -0.39 is 5.82 Å². The molecule has 1 aromatic heterocycles. The van der Waals surface area contributed by atoms with Gasteiger partial charge < -0.3 is 15.1 Å². The second kappa shape index (κ2) is 5.79. The first-order valence-corrected chi connectivity index (χ1v) is 5.82. The first-order chi connectivity index (χ1) is 8.69. The predicted octanol–water partition coefficient (Wildman–Crippen LogP) is 2.72. The van der Waals surface area contributed by atoms with Gasteiger partial charge in [-0.05, 0) is 24.7 Å². The maximum Gasteiger partial charge on any atom is 0.320 e. The van der Waals surface area contributed by atoms with Gasteiger partial charge in [-0.3, -0.25) is 0 Å². The van der Waals surface area contributed by atoms with E-state index in [4.69, 9.17) is 16.0 Å². The van der Waals surface area contributed by atoms with Gasteiger partial charge in [-0.25, -0.2) is 4.39 Å². The van der Waals surface area contributed by atoms with Crippen LogP contribution in [0.5, 0.6) is 0 Å². The highest BCUT2D eigenvalue weighted by Crippen LogP contribution is 2.21. The molecule has 0 bridgehead atoms. The van der Waals surface area contributed by atoms with E-state index in [-0.39, 0.29) is 11.0 Å². The predicted molar refractivity (Wildman–Crippen MR) is 66.4 cm³/mol. The molecule has 2 N–H and O–H groups in total. The van der Waals surface area contributed by atoms with E-state index in [0.29, 0.717) is 18.1 Å². The van der Waals surface area contributed by atoms with Gasteiger partial charge in [0.1, 0.15) is 5.82 Å². The van der Waals surface area contributed by atoms with Crippen LogP contribution in [0, 0.1) is 5.82 Å².